The molecule has 0 amide bonds. The molecule has 0 bridgehead atoms. The topological polar surface area (TPSA) is 175 Å². The van der Waals surface area contributed by atoms with Crippen molar-refractivity contribution in [2.24, 2.45) is 11.8 Å². The maximum atomic E-state index is 12.6. The molecule has 1 aliphatic rings. The Morgan fingerprint density at radius 3 is 2.46 bits per heavy atom. The minimum absolute atomic E-state index is 0.0823. The molecule has 0 aromatic heterocycles. The number of esters is 2. The van der Waals surface area contributed by atoms with Crippen LogP contribution < -0.4 is 14.2 Å². The van der Waals surface area contributed by atoms with E-state index in [1.807, 2.05) is 42.5 Å². The highest BCUT2D eigenvalue weighted by molar-refractivity contribution is 5.89. The highest BCUT2D eigenvalue weighted by Gasteiger charge is 2.40. The quantitative estimate of drug-likeness (QED) is 0.0232. The van der Waals surface area contributed by atoms with E-state index < -0.39 is 35.3 Å². The van der Waals surface area contributed by atoms with Crippen molar-refractivity contribution in [2.45, 2.75) is 82.7 Å². The smallest absolute Gasteiger partial charge is 0.336 e. The van der Waals surface area contributed by atoms with Crippen molar-refractivity contribution in [2.75, 3.05) is 7.11 Å². The van der Waals surface area contributed by atoms with Crippen molar-refractivity contribution < 1.29 is 49.0 Å². The second-order valence-corrected chi connectivity index (χ2v) is 12.8. The Morgan fingerprint density at radius 2 is 1.69 bits per heavy atom. The molecule has 4 rings (SSSR count). The van der Waals surface area contributed by atoms with Crippen molar-refractivity contribution in [3.05, 3.63) is 118 Å². The van der Waals surface area contributed by atoms with Crippen LogP contribution in [-0.4, -0.2) is 57.8 Å². The molecule has 0 aliphatic heterocycles. The molecule has 0 spiro atoms. The van der Waals surface area contributed by atoms with E-state index in [1.165, 1.54) is 37.0 Å². The van der Waals surface area contributed by atoms with Crippen LogP contribution in [0.1, 0.15) is 68.1 Å². The fourth-order valence-electron chi connectivity index (χ4n) is 6.33. The van der Waals surface area contributed by atoms with Gasteiger partial charge in [-0.3, -0.25) is 4.79 Å². The fraction of sp³-hybridized carbons (Fsp3) is 0.400. The number of rotatable bonds is 20. The Kier molecular flexibility index (Phi) is 15.8. The number of benzene rings is 3. The summed E-state index contributed by atoms with van der Waals surface area (Å²) in [5, 5.41) is 41.2. The van der Waals surface area contributed by atoms with Crippen molar-refractivity contribution in [3.63, 3.8) is 0 Å². The minimum Gasteiger partial charge on any atom is -0.493 e. The van der Waals surface area contributed by atoms with Gasteiger partial charge in [0.05, 0.1) is 25.4 Å². The van der Waals surface area contributed by atoms with Crippen LogP contribution in [-0.2, 0) is 27.5 Å². The van der Waals surface area contributed by atoms with E-state index in [4.69, 9.17) is 14.2 Å². The van der Waals surface area contributed by atoms with Gasteiger partial charge in [-0.15, -0.1) is 10.1 Å². The number of ether oxygens (including phenoxy) is 3. The van der Waals surface area contributed by atoms with E-state index in [0.29, 0.717) is 61.8 Å². The normalized spacial score (nSPS) is 19.1. The lowest BCUT2D eigenvalue weighted by molar-refractivity contribution is -0.763. The third kappa shape index (κ3) is 13.3. The third-order valence-corrected chi connectivity index (χ3v) is 9.07. The van der Waals surface area contributed by atoms with Crippen LogP contribution in [0.4, 0.5) is 0 Å². The zero-order valence-corrected chi connectivity index (χ0v) is 29.3. The second kappa shape index (κ2) is 20.7. The van der Waals surface area contributed by atoms with E-state index in [0.717, 1.165) is 6.42 Å². The number of aliphatic hydroxyl groups excluding tert-OH is 3. The van der Waals surface area contributed by atoms with Crippen molar-refractivity contribution >= 4 is 18.0 Å². The number of aliphatic hydroxyl groups is 3. The molecule has 3 aromatic rings. The molecular formula is C40H47NO11. The van der Waals surface area contributed by atoms with E-state index >= 15 is 0 Å². The van der Waals surface area contributed by atoms with Crippen LogP contribution in [0.15, 0.2) is 91.0 Å². The van der Waals surface area contributed by atoms with Gasteiger partial charge in [0.15, 0.2) is 11.5 Å². The largest absolute Gasteiger partial charge is 0.493 e. The Hall–Kier alpha value is -5.04. The molecule has 0 saturated heterocycles. The first-order valence-corrected chi connectivity index (χ1v) is 17.5. The molecule has 3 N–H and O–H groups in total. The standard InChI is InChI=1S/C40H47NO11/c1-49-38-25-29(18-23-40(46)51-32-13-9-12-30(24-32)27-50-41(47)48)17-22-37(38)52-39(45)15-8-3-2-7-14-33-34(36(44)26-35(33)43)21-20-31(42)19-16-28-10-5-4-6-11-28/h2,4-7,9-13,17-18,22-25,31,33-36,42-44H,3,8,14-16,19-21,26-27H2,1H3/t31-,33+,34+,35-,36+/m0/s1. The van der Waals surface area contributed by atoms with Gasteiger partial charge in [-0.25, -0.2) is 4.79 Å². The second-order valence-electron chi connectivity index (χ2n) is 12.8. The first-order chi connectivity index (χ1) is 25.1. The molecule has 0 radical (unpaired) electrons. The molecule has 1 fully saturated rings. The van der Waals surface area contributed by atoms with Gasteiger partial charge in [-0.05, 0) is 110 Å². The lowest BCUT2D eigenvalue weighted by atomic mass is 9.85. The molecule has 1 aliphatic carbocycles. The van der Waals surface area contributed by atoms with Gasteiger partial charge in [-0.1, -0.05) is 60.7 Å². The minimum atomic E-state index is -0.903. The number of methoxy groups -OCH3 is 1. The maximum absolute atomic E-state index is 12.6. The molecule has 1 saturated carbocycles. The number of carbonyl (C=O) groups is 2. The summed E-state index contributed by atoms with van der Waals surface area (Å²) in [7, 11) is 1.44. The molecular weight excluding hydrogens is 670 g/mol. The number of carbonyl (C=O) groups excluding carboxylic acids is 2. The van der Waals surface area contributed by atoms with Crippen LogP contribution in [0.5, 0.6) is 17.2 Å². The van der Waals surface area contributed by atoms with Crippen molar-refractivity contribution in [1.82, 2.24) is 0 Å². The summed E-state index contributed by atoms with van der Waals surface area (Å²) in [4.78, 5) is 39.6. The van der Waals surface area contributed by atoms with E-state index in [2.05, 4.69) is 4.84 Å². The van der Waals surface area contributed by atoms with Crippen molar-refractivity contribution in [3.8, 4) is 17.2 Å². The summed E-state index contributed by atoms with van der Waals surface area (Å²) in [5.41, 5.74) is 2.24. The number of allylic oxidation sites excluding steroid dienone is 2. The first-order valence-electron chi connectivity index (χ1n) is 17.5. The summed E-state index contributed by atoms with van der Waals surface area (Å²) in [6, 6.07) is 21.1. The predicted octanol–water partition coefficient (Wildman–Crippen LogP) is 6.18. The van der Waals surface area contributed by atoms with Gasteiger partial charge in [0.2, 0.25) is 0 Å². The zero-order valence-electron chi connectivity index (χ0n) is 29.3. The summed E-state index contributed by atoms with van der Waals surface area (Å²) >= 11 is 0. The molecule has 0 unspecified atom stereocenters. The van der Waals surface area contributed by atoms with Crippen LogP contribution in [0, 0.1) is 22.0 Å². The average Bonchev–Trinajstić information content (AvgIpc) is 3.41. The summed E-state index contributed by atoms with van der Waals surface area (Å²) < 4.78 is 16.2. The van der Waals surface area contributed by atoms with Crippen LogP contribution in [0.3, 0.4) is 0 Å². The fourth-order valence-corrected chi connectivity index (χ4v) is 6.33. The van der Waals surface area contributed by atoms with Gasteiger partial charge < -0.3 is 34.4 Å². The Labute approximate surface area is 303 Å². The Morgan fingerprint density at radius 1 is 0.923 bits per heavy atom. The molecule has 278 valence electrons. The van der Waals surface area contributed by atoms with Crippen LogP contribution in [0.25, 0.3) is 6.08 Å². The van der Waals surface area contributed by atoms with Crippen LogP contribution in [0.2, 0.25) is 0 Å². The Bertz CT molecular complexity index is 1660. The number of hydrogen-bond donors (Lipinski definition) is 3. The summed E-state index contributed by atoms with van der Waals surface area (Å²) in [5.74, 6) is -0.522. The third-order valence-electron chi connectivity index (χ3n) is 9.07. The molecule has 12 nitrogen and oxygen atoms in total. The molecule has 0 heterocycles. The number of nitrogens with zero attached hydrogens (tertiary/aromatic N) is 1. The van der Waals surface area contributed by atoms with Crippen molar-refractivity contribution in [1.29, 1.82) is 0 Å². The maximum Gasteiger partial charge on any atom is 0.336 e. The SMILES string of the molecule is COc1cc(C=CC(=O)Oc2cccc(CO[N+](=O)[O-])c2)ccc1OC(=O)CCCC=CC[C@@H]1[C@@H](CC[C@@H](O)CCc2ccccc2)[C@H](O)C[C@@H]1O. The van der Waals surface area contributed by atoms with E-state index in [9.17, 15) is 35.0 Å². The lowest BCUT2D eigenvalue weighted by Crippen LogP contribution is -2.23. The average molecular weight is 718 g/mol. The van der Waals surface area contributed by atoms with Gasteiger partial charge >= 0.3 is 11.9 Å². The zero-order chi connectivity index (χ0) is 37.3. The first kappa shape index (κ1) is 39.7. The van der Waals surface area contributed by atoms with Gasteiger partial charge in [0.1, 0.15) is 12.4 Å². The van der Waals surface area contributed by atoms with Gasteiger partial charge in [0, 0.05) is 12.5 Å². The molecule has 3 aromatic carbocycles. The molecule has 5 atom stereocenters. The summed E-state index contributed by atoms with van der Waals surface area (Å²) in [6.45, 7) is -0.272. The van der Waals surface area contributed by atoms with Gasteiger partial charge in [0.25, 0.3) is 5.09 Å². The molecule has 52 heavy (non-hydrogen) atoms. The van der Waals surface area contributed by atoms with E-state index in [1.54, 1.807) is 30.3 Å². The van der Waals surface area contributed by atoms with E-state index in [-0.39, 0.29) is 36.4 Å². The lowest BCUT2D eigenvalue weighted by Gasteiger charge is -2.23. The van der Waals surface area contributed by atoms with Crippen LogP contribution >= 0.6 is 0 Å². The van der Waals surface area contributed by atoms with Gasteiger partial charge in [-0.2, -0.15) is 0 Å². The Balaban J connectivity index is 1.17. The predicted molar refractivity (Wildman–Crippen MR) is 193 cm³/mol. The highest BCUT2D eigenvalue weighted by Crippen LogP contribution is 2.38. The summed E-state index contributed by atoms with van der Waals surface area (Å²) in [6.07, 6.45) is 10.0. The monoisotopic (exact) mass is 717 g/mol. The molecule has 12 heteroatoms. The number of unbranched alkanes of at least 4 members (excludes halogenated alkanes) is 1. The number of hydrogen-bond acceptors (Lipinski definition) is 11. The highest BCUT2D eigenvalue weighted by atomic mass is 16.9. The number of aryl methyl sites for hydroxylation is 1.